The molecule has 0 unspecified atom stereocenters. The smallest absolute Gasteiger partial charge is 0.239 e. The predicted molar refractivity (Wildman–Crippen MR) is 91.8 cm³/mol. The molecular weight excluding hydrogens is 308 g/mol. The van der Waals surface area contributed by atoms with Gasteiger partial charge in [0.05, 0.1) is 26.5 Å². The summed E-state index contributed by atoms with van der Waals surface area (Å²) in [6, 6.07) is 11.3. The van der Waals surface area contributed by atoms with E-state index in [2.05, 4.69) is 20.9 Å². The summed E-state index contributed by atoms with van der Waals surface area (Å²) in [5.41, 5.74) is 1.00. The highest BCUT2D eigenvalue weighted by molar-refractivity contribution is 5.86. The largest absolute Gasteiger partial charge is 0.496 e. The summed E-state index contributed by atoms with van der Waals surface area (Å²) in [6.45, 7) is 1.02. The standard InChI is InChI=1S/C17H22N4O3/c1-18-17(20-10-13-6-3-4-8-15(13)23-2)21-12-16(22)19-11-14-7-5-9-24-14/h3-9H,10-12H2,1-2H3,(H,19,22)(H2,18,20,21). The fourth-order valence-corrected chi connectivity index (χ4v) is 2.07. The van der Waals surface area contributed by atoms with E-state index in [1.165, 1.54) is 0 Å². The van der Waals surface area contributed by atoms with E-state index in [4.69, 9.17) is 9.15 Å². The van der Waals surface area contributed by atoms with Crippen LogP contribution in [0.15, 0.2) is 52.1 Å². The predicted octanol–water partition coefficient (Wildman–Crippen LogP) is 1.27. The lowest BCUT2D eigenvalue weighted by Crippen LogP contribution is -2.42. The molecule has 2 aromatic rings. The van der Waals surface area contributed by atoms with E-state index in [9.17, 15) is 4.79 Å². The molecule has 0 bridgehead atoms. The summed E-state index contributed by atoms with van der Waals surface area (Å²) < 4.78 is 10.5. The maximum absolute atomic E-state index is 11.8. The van der Waals surface area contributed by atoms with Crippen molar-refractivity contribution >= 4 is 11.9 Å². The van der Waals surface area contributed by atoms with Crippen LogP contribution < -0.4 is 20.7 Å². The minimum atomic E-state index is -0.147. The third-order valence-corrected chi connectivity index (χ3v) is 3.32. The Bertz CT molecular complexity index is 668. The number of benzene rings is 1. The lowest BCUT2D eigenvalue weighted by molar-refractivity contribution is -0.120. The van der Waals surface area contributed by atoms with E-state index in [-0.39, 0.29) is 12.5 Å². The molecule has 7 heteroatoms. The average Bonchev–Trinajstić information content (AvgIpc) is 3.14. The topological polar surface area (TPSA) is 87.9 Å². The highest BCUT2D eigenvalue weighted by atomic mass is 16.5. The van der Waals surface area contributed by atoms with Gasteiger partial charge in [0, 0.05) is 19.2 Å². The zero-order valence-electron chi connectivity index (χ0n) is 13.8. The lowest BCUT2D eigenvalue weighted by atomic mass is 10.2. The molecule has 1 aromatic carbocycles. The Kier molecular flexibility index (Phi) is 6.70. The molecular formula is C17H22N4O3. The molecule has 3 N–H and O–H groups in total. The van der Waals surface area contributed by atoms with Crippen LogP contribution >= 0.6 is 0 Å². The SMILES string of the molecule is CN=C(NCC(=O)NCc1ccco1)NCc1ccccc1OC. The Balaban J connectivity index is 1.74. The first kappa shape index (κ1) is 17.4. The van der Waals surface area contributed by atoms with Crippen LogP contribution in [0.2, 0.25) is 0 Å². The zero-order valence-corrected chi connectivity index (χ0v) is 13.8. The normalized spacial score (nSPS) is 11.0. The van der Waals surface area contributed by atoms with E-state index in [0.29, 0.717) is 24.8 Å². The van der Waals surface area contributed by atoms with Gasteiger partial charge in [0.2, 0.25) is 5.91 Å². The summed E-state index contributed by atoms with van der Waals surface area (Å²) in [5, 5.41) is 8.87. The third kappa shape index (κ3) is 5.35. The van der Waals surface area contributed by atoms with Crippen LogP contribution in [0.4, 0.5) is 0 Å². The molecule has 0 aliphatic rings. The van der Waals surface area contributed by atoms with E-state index >= 15 is 0 Å². The number of hydrogen-bond donors (Lipinski definition) is 3. The van der Waals surface area contributed by atoms with Crippen LogP contribution in [0, 0.1) is 0 Å². The number of furan rings is 1. The highest BCUT2D eigenvalue weighted by Crippen LogP contribution is 2.16. The van der Waals surface area contributed by atoms with Gasteiger partial charge in [0.25, 0.3) is 0 Å². The molecule has 0 fully saturated rings. The molecule has 0 saturated carbocycles. The first-order valence-corrected chi connectivity index (χ1v) is 7.58. The number of ether oxygens (including phenoxy) is 1. The molecule has 0 aliphatic heterocycles. The number of nitrogens with one attached hydrogen (secondary N) is 3. The number of guanidine groups is 1. The molecule has 1 amide bonds. The second kappa shape index (κ2) is 9.24. The lowest BCUT2D eigenvalue weighted by Gasteiger charge is -2.13. The second-order valence-electron chi connectivity index (χ2n) is 4.95. The summed E-state index contributed by atoms with van der Waals surface area (Å²) in [7, 11) is 3.29. The zero-order chi connectivity index (χ0) is 17.2. The van der Waals surface area contributed by atoms with Crippen LogP contribution in [-0.2, 0) is 17.9 Å². The number of para-hydroxylation sites is 1. The molecule has 0 atom stereocenters. The van der Waals surface area contributed by atoms with Gasteiger partial charge in [-0.3, -0.25) is 9.79 Å². The van der Waals surface area contributed by atoms with Gasteiger partial charge in [0.1, 0.15) is 11.5 Å². The summed E-state index contributed by atoms with van der Waals surface area (Å²) in [4.78, 5) is 15.9. The highest BCUT2D eigenvalue weighted by Gasteiger charge is 2.06. The van der Waals surface area contributed by atoms with Gasteiger partial charge in [-0.15, -0.1) is 0 Å². The van der Waals surface area contributed by atoms with Gasteiger partial charge >= 0.3 is 0 Å². The number of carbonyl (C=O) groups excluding carboxylic acids is 1. The Labute approximate surface area is 141 Å². The van der Waals surface area contributed by atoms with Crippen LogP contribution in [0.3, 0.4) is 0 Å². The molecule has 0 spiro atoms. The number of carbonyl (C=O) groups is 1. The Morgan fingerprint density at radius 1 is 1.12 bits per heavy atom. The number of amides is 1. The average molecular weight is 330 g/mol. The third-order valence-electron chi connectivity index (χ3n) is 3.32. The minimum Gasteiger partial charge on any atom is -0.496 e. The number of rotatable bonds is 7. The molecule has 128 valence electrons. The van der Waals surface area contributed by atoms with Crippen molar-refractivity contribution in [1.82, 2.24) is 16.0 Å². The molecule has 24 heavy (non-hydrogen) atoms. The monoisotopic (exact) mass is 330 g/mol. The fourth-order valence-electron chi connectivity index (χ4n) is 2.07. The van der Waals surface area contributed by atoms with Crippen LogP contribution in [0.25, 0.3) is 0 Å². The number of methoxy groups -OCH3 is 1. The van der Waals surface area contributed by atoms with E-state index in [1.807, 2.05) is 24.3 Å². The van der Waals surface area contributed by atoms with Crippen LogP contribution in [0.1, 0.15) is 11.3 Å². The van der Waals surface area contributed by atoms with Gasteiger partial charge in [-0.1, -0.05) is 18.2 Å². The number of hydrogen-bond acceptors (Lipinski definition) is 4. The molecule has 2 rings (SSSR count). The van der Waals surface area contributed by atoms with Crippen molar-refractivity contribution in [3.8, 4) is 5.75 Å². The Hall–Kier alpha value is -2.96. The number of aliphatic imine (C=N–C) groups is 1. The van der Waals surface area contributed by atoms with Gasteiger partial charge in [-0.25, -0.2) is 0 Å². The van der Waals surface area contributed by atoms with Crippen molar-refractivity contribution in [2.24, 2.45) is 4.99 Å². The molecule has 0 aliphatic carbocycles. The maximum Gasteiger partial charge on any atom is 0.239 e. The maximum atomic E-state index is 11.8. The van der Waals surface area contributed by atoms with Crippen molar-refractivity contribution < 1.29 is 13.9 Å². The van der Waals surface area contributed by atoms with Crippen molar-refractivity contribution in [2.75, 3.05) is 20.7 Å². The molecule has 7 nitrogen and oxygen atoms in total. The van der Waals surface area contributed by atoms with Gasteiger partial charge in [-0.05, 0) is 18.2 Å². The second-order valence-corrected chi connectivity index (χ2v) is 4.95. The van der Waals surface area contributed by atoms with Crippen LogP contribution in [0.5, 0.6) is 5.75 Å². The molecule has 0 saturated heterocycles. The molecule has 0 radical (unpaired) electrons. The van der Waals surface area contributed by atoms with Gasteiger partial charge in [0.15, 0.2) is 5.96 Å². The Morgan fingerprint density at radius 3 is 2.67 bits per heavy atom. The van der Waals surface area contributed by atoms with E-state index < -0.39 is 0 Å². The molecule has 1 aromatic heterocycles. The van der Waals surface area contributed by atoms with Crippen molar-refractivity contribution in [1.29, 1.82) is 0 Å². The minimum absolute atomic E-state index is 0.117. The first-order valence-electron chi connectivity index (χ1n) is 7.58. The Morgan fingerprint density at radius 2 is 1.96 bits per heavy atom. The number of nitrogens with zero attached hydrogens (tertiary/aromatic N) is 1. The van der Waals surface area contributed by atoms with Crippen molar-refractivity contribution in [2.45, 2.75) is 13.1 Å². The van der Waals surface area contributed by atoms with Crippen molar-refractivity contribution in [3.63, 3.8) is 0 Å². The summed E-state index contributed by atoms with van der Waals surface area (Å²) >= 11 is 0. The van der Waals surface area contributed by atoms with Crippen molar-refractivity contribution in [3.05, 3.63) is 54.0 Å². The van der Waals surface area contributed by atoms with Crippen LogP contribution in [-0.4, -0.2) is 32.6 Å². The molecule has 1 heterocycles. The first-order chi connectivity index (χ1) is 11.7. The van der Waals surface area contributed by atoms with E-state index in [0.717, 1.165) is 11.3 Å². The summed E-state index contributed by atoms with van der Waals surface area (Å²) in [6.07, 6.45) is 1.57. The van der Waals surface area contributed by atoms with Gasteiger partial charge < -0.3 is 25.1 Å². The van der Waals surface area contributed by atoms with Gasteiger partial charge in [-0.2, -0.15) is 0 Å². The quantitative estimate of drug-likeness (QED) is 0.526. The van der Waals surface area contributed by atoms with E-state index in [1.54, 1.807) is 32.6 Å². The summed E-state index contributed by atoms with van der Waals surface area (Å²) in [5.74, 6) is 1.90. The fraction of sp³-hybridized carbons (Fsp3) is 0.294.